The average Bonchev–Trinajstić information content (AvgIpc) is 3.20. The monoisotopic (exact) mass is 363 g/mol. The van der Waals surface area contributed by atoms with Crippen molar-refractivity contribution in [1.82, 2.24) is 13.9 Å². The molecule has 25 heavy (non-hydrogen) atoms. The molecule has 1 aromatic carbocycles. The summed E-state index contributed by atoms with van der Waals surface area (Å²) in [5.74, 6) is -0.902. The Kier molecular flexibility index (Phi) is 3.41. The Labute approximate surface area is 144 Å². The number of aromatic nitrogens is 2. The van der Waals surface area contributed by atoms with Crippen LogP contribution in [0.4, 0.5) is 0 Å². The van der Waals surface area contributed by atoms with E-state index in [2.05, 4.69) is 4.98 Å². The lowest BCUT2D eigenvalue weighted by atomic mass is 9.73. The summed E-state index contributed by atoms with van der Waals surface area (Å²) >= 11 is 0. The van der Waals surface area contributed by atoms with Crippen LogP contribution in [0.25, 0.3) is 0 Å². The third-order valence-electron chi connectivity index (χ3n) is 5.00. The van der Waals surface area contributed by atoms with Crippen LogP contribution in [0.1, 0.15) is 11.5 Å². The number of imidazole rings is 1. The fourth-order valence-corrected chi connectivity index (χ4v) is 5.12. The van der Waals surface area contributed by atoms with Crippen molar-refractivity contribution in [3.8, 4) is 5.75 Å². The minimum atomic E-state index is -3.87. The van der Waals surface area contributed by atoms with Crippen molar-refractivity contribution in [3.05, 3.63) is 42.4 Å². The second kappa shape index (κ2) is 5.30. The summed E-state index contributed by atoms with van der Waals surface area (Å²) < 4.78 is 34.2. The molecule has 3 heterocycles. The number of nitrogens with zero attached hydrogens (tertiary/aromatic N) is 3. The number of ether oxygens (including phenoxy) is 1. The van der Waals surface area contributed by atoms with Crippen molar-refractivity contribution < 1.29 is 23.1 Å². The van der Waals surface area contributed by atoms with Gasteiger partial charge in [0.2, 0.25) is 0 Å². The number of sulfonamides is 1. The molecular formula is C16H17N3O5S. The summed E-state index contributed by atoms with van der Waals surface area (Å²) in [5.41, 5.74) is -0.564. The molecule has 1 saturated heterocycles. The first-order valence-corrected chi connectivity index (χ1v) is 9.22. The van der Waals surface area contributed by atoms with Crippen LogP contribution in [-0.4, -0.2) is 53.0 Å². The van der Waals surface area contributed by atoms with Crippen LogP contribution in [0.15, 0.2) is 41.8 Å². The second-order valence-corrected chi connectivity index (χ2v) is 8.40. The molecule has 0 bridgehead atoms. The summed E-state index contributed by atoms with van der Waals surface area (Å²) in [6.07, 6.45) is 2.82. The maximum atomic E-state index is 12.9. The number of aliphatic carboxylic acids is 1. The van der Waals surface area contributed by atoms with Gasteiger partial charge in [0.05, 0.1) is 6.33 Å². The normalized spacial score (nSPS) is 25.9. The van der Waals surface area contributed by atoms with Gasteiger partial charge < -0.3 is 14.4 Å². The largest absolute Gasteiger partial charge is 0.492 e. The van der Waals surface area contributed by atoms with E-state index in [1.807, 2.05) is 6.07 Å². The van der Waals surface area contributed by atoms with Crippen molar-refractivity contribution in [2.75, 3.05) is 19.7 Å². The van der Waals surface area contributed by atoms with Crippen molar-refractivity contribution in [1.29, 1.82) is 0 Å². The van der Waals surface area contributed by atoms with Crippen LogP contribution in [0.2, 0.25) is 0 Å². The fraction of sp³-hybridized carbons (Fsp3) is 0.375. The van der Waals surface area contributed by atoms with E-state index in [1.54, 1.807) is 29.8 Å². The smallest absolute Gasteiger partial charge is 0.315 e. The van der Waals surface area contributed by atoms with Crippen molar-refractivity contribution in [3.63, 3.8) is 0 Å². The third-order valence-corrected chi connectivity index (χ3v) is 6.70. The Morgan fingerprint density at radius 2 is 2.16 bits per heavy atom. The molecule has 4 rings (SSSR count). The quantitative estimate of drug-likeness (QED) is 0.860. The van der Waals surface area contributed by atoms with E-state index in [0.29, 0.717) is 5.75 Å². The number of para-hydroxylation sites is 1. The van der Waals surface area contributed by atoms with Gasteiger partial charge in [0.1, 0.15) is 17.8 Å². The molecule has 1 aromatic heterocycles. The standard InChI is InChI=1S/C16H17N3O5S/c1-18-7-14(17-10-18)25(22,23)19-6-12-11-4-2-3-5-13(11)24-9-16(12,8-19)15(20)21/h2-5,7,10,12H,6,8-9H2,1H3,(H,20,21)/t12-,16-/m1/s1. The van der Waals surface area contributed by atoms with Crippen molar-refractivity contribution in [2.24, 2.45) is 12.5 Å². The molecule has 0 aliphatic carbocycles. The molecule has 2 aliphatic heterocycles. The molecule has 8 nitrogen and oxygen atoms in total. The number of carboxylic acids is 1. The Balaban J connectivity index is 1.78. The number of fused-ring (bicyclic) bond motifs is 3. The molecule has 0 amide bonds. The van der Waals surface area contributed by atoms with Gasteiger partial charge in [0, 0.05) is 32.3 Å². The van der Waals surface area contributed by atoms with Gasteiger partial charge in [-0.25, -0.2) is 13.4 Å². The fourth-order valence-electron chi connectivity index (χ4n) is 3.63. The Hall–Kier alpha value is -2.39. The Bertz CT molecular complexity index is 954. The third kappa shape index (κ3) is 2.26. The first-order chi connectivity index (χ1) is 11.8. The molecule has 2 aromatic rings. The first-order valence-electron chi connectivity index (χ1n) is 7.78. The van der Waals surface area contributed by atoms with Crippen LogP contribution >= 0.6 is 0 Å². The lowest BCUT2D eigenvalue weighted by Gasteiger charge is -2.35. The number of hydrogen-bond donors (Lipinski definition) is 1. The predicted octanol–water partition coefficient (Wildman–Crippen LogP) is 0.672. The zero-order valence-corrected chi connectivity index (χ0v) is 14.3. The molecule has 132 valence electrons. The minimum absolute atomic E-state index is 0.0573. The van der Waals surface area contributed by atoms with Gasteiger partial charge in [-0.05, 0) is 11.6 Å². The van der Waals surface area contributed by atoms with Gasteiger partial charge in [0.15, 0.2) is 5.03 Å². The van der Waals surface area contributed by atoms with Crippen LogP contribution < -0.4 is 4.74 Å². The van der Waals surface area contributed by atoms with Gasteiger partial charge in [-0.1, -0.05) is 18.2 Å². The zero-order chi connectivity index (χ0) is 17.8. The summed E-state index contributed by atoms with van der Waals surface area (Å²) in [4.78, 5) is 16.0. The molecular weight excluding hydrogens is 346 g/mol. The molecule has 0 saturated carbocycles. The summed E-state index contributed by atoms with van der Waals surface area (Å²) in [5, 5.41) is 9.78. The summed E-state index contributed by atoms with van der Waals surface area (Å²) in [6.45, 7) is -0.107. The molecule has 0 radical (unpaired) electrons. The highest BCUT2D eigenvalue weighted by molar-refractivity contribution is 7.89. The van der Waals surface area contributed by atoms with E-state index in [1.165, 1.54) is 16.8 Å². The molecule has 1 N–H and O–H groups in total. The van der Waals surface area contributed by atoms with E-state index in [-0.39, 0.29) is 24.7 Å². The Morgan fingerprint density at radius 1 is 1.40 bits per heavy atom. The number of carboxylic acid groups (broad SMARTS) is 1. The number of benzene rings is 1. The number of carbonyl (C=O) groups is 1. The van der Waals surface area contributed by atoms with Gasteiger partial charge in [0.25, 0.3) is 10.0 Å². The lowest BCUT2D eigenvalue weighted by Crippen LogP contribution is -2.46. The van der Waals surface area contributed by atoms with E-state index in [4.69, 9.17) is 4.74 Å². The molecule has 2 atom stereocenters. The van der Waals surface area contributed by atoms with Crippen molar-refractivity contribution >= 4 is 16.0 Å². The first kappa shape index (κ1) is 16.1. The maximum Gasteiger partial charge on any atom is 0.315 e. The van der Waals surface area contributed by atoms with Gasteiger partial charge >= 0.3 is 5.97 Å². The topological polar surface area (TPSA) is 102 Å². The van der Waals surface area contributed by atoms with E-state index >= 15 is 0 Å². The molecule has 9 heteroatoms. The molecule has 0 spiro atoms. The maximum absolute atomic E-state index is 12.9. The molecule has 1 fully saturated rings. The number of hydrogen-bond acceptors (Lipinski definition) is 5. The highest BCUT2D eigenvalue weighted by Crippen LogP contribution is 2.50. The SMILES string of the molecule is Cn1cnc(S(=O)(=O)N2C[C@@H]3c4ccccc4OC[C@]3(C(=O)O)C2)c1. The van der Waals surface area contributed by atoms with Crippen LogP contribution in [-0.2, 0) is 21.9 Å². The predicted molar refractivity (Wildman–Crippen MR) is 86.7 cm³/mol. The van der Waals surface area contributed by atoms with E-state index < -0.39 is 27.3 Å². The average molecular weight is 363 g/mol. The number of aryl methyl sites for hydroxylation is 1. The Morgan fingerprint density at radius 3 is 2.84 bits per heavy atom. The van der Waals surface area contributed by atoms with Crippen molar-refractivity contribution in [2.45, 2.75) is 10.9 Å². The van der Waals surface area contributed by atoms with Gasteiger partial charge in [-0.3, -0.25) is 4.79 Å². The molecule has 2 aliphatic rings. The zero-order valence-electron chi connectivity index (χ0n) is 13.5. The summed E-state index contributed by atoms with van der Waals surface area (Å²) in [6, 6.07) is 7.19. The van der Waals surface area contributed by atoms with Gasteiger partial charge in [-0.2, -0.15) is 4.31 Å². The van der Waals surface area contributed by atoms with Crippen LogP contribution in [0, 0.1) is 5.41 Å². The highest BCUT2D eigenvalue weighted by Gasteiger charge is 2.59. The van der Waals surface area contributed by atoms with E-state index in [0.717, 1.165) is 5.56 Å². The second-order valence-electron chi connectivity index (χ2n) is 6.52. The highest BCUT2D eigenvalue weighted by atomic mass is 32.2. The number of rotatable bonds is 3. The van der Waals surface area contributed by atoms with E-state index in [9.17, 15) is 18.3 Å². The minimum Gasteiger partial charge on any atom is -0.492 e. The molecule has 0 unspecified atom stereocenters. The van der Waals surface area contributed by atoms with Gasteiger partial charge in [-0.15, -0.1) is 0 Å². The van der Waals surface area contributed by atoms with Crippen LogP contribution in [0.3, 0.4) is 0 Å². The van der Waals surface area contributed by atoms with Crippen LogP contribution in [0.5, 0.6) is 5.75 Å². The summed E-state index contributed by atoms with van der Waals surface area (Å²) in [7, 11) is -2.19. The lowest BCUT2D eigenvalue weighted by molar-refractivity contribution is -0.151.